The molecule has 0 atom stereocenters. The van der Waals surface area contributed by atoms with E-state index in [0.29, 0.717) is 13.1 Å². The smallest absolute Gasteiger partial charge is 0.00461 e. The fourth-order valence-electron chi connectivity index (χ4n) is 0. The second kappa shape index (κ2) is 8.82. The molecule has 0 saturated heterocycles. The van der Waals surface area contributed by atoms with E-state index in [1.54, 1.807) is 0 Å². The molecule has 0 amide bonds. The van der Waals surface area contributed by atoms with Crippen LogP contribution in [0.25, 0.3) is 0 Å². The number of hydrogen-bond donors (Lipinski definition) is 2. The normalized spacial score (nSPS) is 6.00. The van der Waals surface area contributed by atoms with Crippen LogP contribution in [0, 0.1) is 0 Å². The van der Waals surface area contributed by atoms with Gasteiger partial charge in [0.2, 0.25) is 0 Å². The quantitative estimate of drug-likeness (QED) is 0.615. The van der Waals surface area contributed by atoms with Crippen molar-refractivity contribution in [1.82, 2.24) is 0 Å². The third-order valence-electron chi connectivity index (χ3n) is 0.167. The Balaban J connectivity index is 0. The molecule has 32 valence electrons. The molecule has 0 saturated carbocycles. The first-order valence-corrected chi connectivity index (χ1v) is 1.32. The molecule has 0 radical (unpaired) electrons. The molecule has 5 heavy (non-hydrogen) atoms. The van der Waals surface area contributed by atoms with E-state index in [4.69, 9.17) is 11.5 Å². The molecule has 4 N–H and O–H groups in total. The van der Waals surface area contributed by atoms with Crippen LogP contribution in [0.3, 0.4) is 0 Å². The van der Waals surface area contributed by atoms with Gasteiger partial charge in [-0.05, 0) is 0 Å². The van der Waals surface area contributed by atoms with E-state index in [9.17, 15) is 0 Å². The zero-order chi connectivity index (χ0) is 3.41. The molecule has 0 aliphatic heterocycles. The SMILES string of the molecule is NCCN.[W]. The molecule has 3 heteroatoms. The Morgan fingerprint density at radius 3 is 1.20 bits per heavy atom. The van der Waals surface area contributed by atoms with Crippen molar-refractivity contribution in [3.05, 3.63) is 0 Å². The molecule has 0 aliphatic carbocycles. The molecular formula is C2H8N2W. The maximum Gasteiger partial charge on any atom is 0.00461 e. The summed E-state index contributed by atoms with van der Waals surface area (Å²) in [5, 5.41) is 0. The van der Waals surface area contributed by atoms with Gasteiger partial charge in [0.05, 0.1) is 0 Å². The Morgan fingerprint density at radius 2 is 1.20 bits per heavy atom. The van der Waals surface area contributed by atoms with Gasteiger partial charge in [0.25, 0.3) is 0 Å². The van der Waals surface area contributed by atoms with Crippen LogP contribution in [-0.2, 0) is 21.1 Å². The summed E-state index contributed by atoms with van der Waals surface area (Å²) in [5.74, 6) is 0. The zero-order valence-corrected chi connectivity index (χ0v) is 5.91. The van der Waals surface area contributed by atoms with Crippen molar-refractivity contribution in [3.63, 3.8) is 0 Å². The summed E-state index contributed by atoms with van der Waals surface area (Å²) >= 11 is 0. The van der Waals surface area contributed by atoms with E-state index < -0.39 is 0 Å². The van der Waals surface area contributed by atoms with Crippen molar-refractivity contribution in [2.45, 2.75) is 0 Å². The Kier molecular flexibility index (Phi) is 16.1. The van der Waals surface area contributed by atoms with Crippen LogP contribution in [0.4, 0.5) is 0 Å². The van der Waals surface area contributed by atoms with E-state index in [1.807, 2.05) is 0 Å². The van der Waals surface area contributed by atoms with Gasteiger partial charge in [-0.2, -0.15) is 0 Å². The number of rotatable bonds is 1. The molecule has 0 bridgehead atoms. The monoisotopic (exact) mass is 244 g/mol. The molecule has 0 aromatic rings. The summed E-state index contributed by atoms with van der Waals surface area (Å²) in [5.41, 5.74) is 9.81. The first-order valence-electron chi connectivity index (χ1n) is 1.32. The topological polar surface area (TPSA) is 52.0 Å². The summed E-state index contributed by atoms with van der Waals surface area (Å²) < 4.78 is 0. The van der Waals surface area contributed by atoms with Gasteiger partial charge in [0.1, 0.15) is 0 Å². The first kappa shape index (κ1) is 9.15. The minimum absolute atomic E-state index is 0. The maximum absolute atomic E-state index is 4.90. The van der Waals surface area contributed by atoms with Crippen LogP contribution in [0.2, 0.25) is 0 Å². The molecule has 0 aromatic heterocycles. The van der Waals surface area contributed by atoms with E-state index in [1.165, 1.54) is 0 Å². The standard InChI is InChI=1S/C2H8N2.W/c3-1-2-4;/h1-4H2;. The summed E-state index contributed by atoms with van der Waals surface area (Å²) in [6.45, 7) is 1.19. The largest absolute Gasteiger partial charge is 0.329 e. The Morgan fingerprint density at radius 1 is 1.00 bits per heavy atom. The summed E-state index contributed by atoms with van der Waals surface area (Å²) in [6.07, 6.45) is 0. The van der Waals surface area contributed by atoms with Crippen LogP contribution in [0.1, 0.15) is 0 Å². The number of hydrogen-bond acceptors (Lipinski definition) is 2. The third-order valence-corrected chi connectivity index (χ3v) is 0.167. The second-order valence-corrected chi connectivity index (χ2v) is 0.577. The van der Waals surface area contributed by atoms with Crippen LogP contribution in [0.15, 0.2) is 0 Å². The molecule has 0 unspecified atom stereocenters. The van der Waals surface area contributed by atoms with E-state index in [2.05, 4.69) is 0 Å². The van der Waals surface area contributed by atoms with Crippen LogP contribution in [-0.4, -0.2) is 13.1 Å². The van der Waals surface area contributed by atoms with Crippen molar-refractivity contribution < 1.29 is 21.1 Å². The predicted octanol–water partition coefficient (Wildman–Crippen LogP) is -1.10. The number of nitrogens with two attached hydrogens (primary N) is 2. The average Bonchev–Trinajstić information content (AvgIpc) is 1.37. The average molecular weight is 244 g/mol. The van der Waals surface area contributed by atoms with Gasteiger partial charge in [-0.15, -0.1) is 0 Å². The Labute approximate surface area is 46.2 Å². The summed E-state index contributed by atoms with van der Waals surface area (Å²) in [7, 11) is 0. The molecule has 0 aromatic carbocycles. The molecule has 0 spiro atoms. The fourth-order valence-corrected chi connectivity index (χ4v) is 0. The molecular weight excluding hydrogens is 236 g/mol. The van der Waals surface area contributed by atoms with Gasteiger partial charge in [0.15, 0.2) is 0 Å². The van der Waals surface area contributed by atoms with E-state index in [0.717, 1.165) is 0 Å². The van der Waals surface area contributed by atoms with Crippen LogP contribution in [0.5, 0.6) is 0 Å². The van der Waals surface area contributed by atoms with Gasteiger partial charge in [-0.1, -0.05) is 0 Å². The van der Waals surface area contributed by atoms with Crippen molar-refractivity contribution in [3.8, 4) is 0 Å². The Hall–Kier alpha value is 0.608. The minimum atomic E-state index is 0. The van der Waals surface area contributed by atoms with Gasteiger partial charge in [0, 0.05) is 34.2 Å². The van der Waals surface area contributed by atoms with E-state index >= 15 is 0 Å². The van der Waals surface area contributed by atoms with Crippen molar-refractivity contribution >= 4 is 0 Å². The fraction of sp³-hybridized carbons (Fsp3) is 1.00. The van der Waals surface area contributed by atoms with Crippen molar-refractivity contribution in [2.24, 2.45) is 11.5 Å². The zero-order valence-electron chi connectivity index (χ0n) is 2.98. The van der Waals surface area contributed by atoms with Gasteiger partial charge < -0.3 is 11.5 Å². The summed E-state index contributed by atoms with van der Waals surface area (Å²) in [6, 6.07) is 0. The van der Waals surface area contributed by atoms with Gasteiger partial charge in [-0.25, -0.2) is 0 Å². The second-order valence-electron chi connectivity index (χ2n) is 0.577. The van der Waals surface area contributed by atoms with Crippen molar-refractivity contribution in [2.75, 3.05) is 13.1 Å². The van der Waals surface area contributed by atoms with E-state index in [-0.39, 0.29) is 21.1 Å². The van der Waals surface area contributed by atoms with Gasteiger partial charge >= 0.3 is 0 Å². The molecule has 0 aliphatic rings. The first-order chi connectivity index (χ1) is 1.91. The molecule has 0 fully saturated rings. The maximum atomic E-state index is 4.90. The Bertz CT molecular complexity index is 9.61. The predicted molar refractivity (Wildman–Crippen MR) is 18.1 cm³/mol. The van der Waals surface area contributed by atoms with Crippen LogP contribution >= 0.6 is 0 Å². The third kappa shape index (κ3) is 12.1. The van der Waals surface area contributed by atoms with Crippen molar-refractivity contribution in [1.29, 1.82) is 0 Å². The minimum Gasteiger partial charge on any atom is -0.329 e. The molecule has 0 rings (SSSR count). The van der Waals surface area contributed by atoms with Crippen LogP contribution < -0.4 is 11.5 Å². The van der Waals surface area contributed by atoms with Gasteiger partial charge in [-0.3, -0.25) is 0 Å². The molecule has 2 nitrogen and oxygen atoms in total. The molecule has 0 heterocycles. The summed E-state index contributed by atoms with van der Waals surface area (Å²) in [4.78, 5) is 0.